The highest BCUT2D eigenvalue weighted by molar-refractivity contribution is 7.16. The Kier molecular flexibility index (Phi) is 3.42. The molecule has 0 spiro atoms. The van der Waals surface area contributed by atoms with Gasteiger partial charge in [-0.3, -0.25) is 4.79 Å². The number of aromatic nitrogens is 4. The van der Waals surface area contributed by atoms with Crippen molar-refractivity contribution in [2.75, 3.05) is 6.61 Å². The van der Waals surface area contributed by atoms with Crippen molar-refractivity contribution >= 4 is 22.3 Å². The summed E-state index contributed by atoms with van der Waals surface area (Å²) in [6.07, 6.45) is 0.163. The minimum atomic E-state index is -0.279. The molecule has 1 aromatic carbocycles. The average molecular weight is 288 g/mol. The molecule has 2 aromatic heterocycles. The van der Waals surface area contributed by atoms with Crippen molar-refractivity contribution in [1.82, 2.24) is 19.8 Å². The van der Waals surface area contributed by atoms with Crippen LogP contribution in [0.3, 0.4) is 0 Å². The summed E-state index contributed by atoms with van der Waals surface area (Å²) in [6.45, 7) is 2.15. The molecule has 2 heterocycles. The number of rotatable bonds is 4. The third-order valence-corrected chi connectivity index (χ3v) is 3.56. The fourth-order valence-electron chi connectivity index (χ4n) is 1.83. The summed E-state index contributed by atoms with van der Waals surface area (Å²) in [6, 6.07) is 9.70. The molecule has 3 rings (SSSR count). The van der Waals surface area contributed by atoms with Crippen LogP contribution >= 0.6 is 11.3 Å². The number of ether oxygens (including phenoxy) is 1. The number of hydrogen-bond acceptors (Lipinski definition) is 6. The van der Waals surface area contributed by atoms with Crippen molar-refractivity contribution in [2.24, 2.45) is 0 Å². The number of benzene rings is 1. The summed E-state index contributed by atoms with van der Waals surface area (Å²) in [5.74, 6) is 0.394. The smallest absolute Gasteiger partial charge is 0.312 e. The van der Waals surface area contributed by atoms with Crippen LogP contribution in [-0.4, -0.2) is 32.4 Å². The van der Waals surface area contributed by atoms with Crippen LogP contribution in [0.4, 0.5) is 0 Å². The van der Waals surface area contributed by atoms with E-state index in [1.54, 1.807) is 11.4 Å². The maximum Gasteiger partial charge on any atom is 0.312 e. The van der Waals surface area contributed by atoms with Gasteiger partial charge in [-0.15, -0.1) is 10.2 Å². The Labute approximate surface area is 119 Å². The quantitative estimate of drug-likeness (QED) is 0.686. The van der Waals surface area contributed by atoms with E-state index in [4.69, 9.17) is 4.74 Å². The van der Waals surface area contributed by atoms with Gasteiger partial charge in [-0.25, -0.2) is 0 Å². The molecule has 0 saturated carbocycles. The third-order valence-electron chi connectivity index (χ3n) is 2.67. The predicted octanol–water partition coefficient (Wildman–Crippen LogP) is 1.96. The van der Waals surface area contributed by atoms with Crippen LogP contribution in [-0.2, 0) is 16.0 Å². The van der Waals surface area contributed by atoms with E-state index in [0.29, 0.717) is 22.4 Å². The molecule has 6 nitrogen and oxygen atoms in total. The first-order valence-electron chi connectivity index (χ1n) is 6.20. The van der Waals surface area contributed by atoms with E-state index >= 15 is 0 Å². The molecule has 0 aliphatic heterocycles. The summed E-state index contributed by atoms with van der Waals surface area (Å²) in [7, 11) is 0. The molecule has 0 aliphatic carbocycles. The van der Waals surface area contributed by atoms with Gasteiger partial charge in [0, 0.05) is 5.56 Å². The van der Waals surface area contributed by atoms with Crippen LogP contribution in [0.25, 0.3) is 16.3 Å². The van der Waals surface area contributed by atoms with Crippen LogP contribution < -0.4 is 0 Å². The van der Waals surface area contributed by atoms with Crippen molar-refractivity contribution in [1.29, 1.82) is 0 Å². The minimum absolute atomic E-state index is 0.163. The molecule has 0 unspecified atom stereocenters. The maximum atomic E-state index is 11.5. The molecule has 102 valence electrons. The molecule has 0 aliphatic rings. The van der Waals surface area contributed by atoms with Gasteiger partial charge in [0.1, 0.15) is 5.01 Å². The van der Waals surface area contributed by atoms with E-state index in [-0.39, 0.29) is 12.4 Å². The van der Waals surface area contributed by atoms with E-state index in [1.165, 1.54) is 11.3 Å². The number of carbonyl (C=O) groups is 1. The van der Waals surface area contributed by atoms with E-state index in [1.807, 2.05) is 30.3 Å². The van der Waals surface area contributed by atoms with Crippen LogP contribution in [0.5, 0.6) is 0 Å². The molecule has 0 radical (unpaired) electrons. The van der Waals surface area contributed by atoms with Crippen molar-refractivity contribution in [3.05, 3.63) is 35.3 Å². The van der Waals surface area contributed by atoms with E-state index in [2.05, 4.69) is 15.3 Å². The fourth-order valence-corrected chi connectivity index (χ4v) is 2.65. The van der Waals surface area contributed by atoms with E-state index in [9.17, 15) is 4.79 Å². The van der Waals surface area contributed by atoms with Gasteiger partial charge in [0.15, 0.2) is 5.82 Å². The predicted molar refractivity (Wildman–Crippen MR) is 74.4 cm³/mol. The first-order valence-corrected chi connectivity index (χ1v) is 7.01. The van der Waals surface area contributed by atoms with Crippen LogP contribution in [0.1, 0.15) is 11.9 Å². The molecule has 0 N–H and O–H groups in total. The number of fused-ring (bicyclic) bond motifs is 1. The number of esters is 1. The van der Waals surface area contributed by atoms with Gasteiger partial charge in [-0.1, -0.05) is 41.7 Å². The zero-order valence-electron chi connectivity index (χ0n) is 10.8. The lowest BCUT2D eigenvalue weighted by atomic mass is 10.2. The molecule has 3 aromatic rings. The topological polar surface area (TPSA) is 69.4 Å². The second-order valence-corrected chi connectivity index (χ2v) is 5.10. The summed E-state index contributed by atoms with van der Waals surface area (Å²) in [5, 5.41) is 13.3. The molecule has 0 amide bonds. The lowest BCUT2D eigenvalue weighted by Gasteiger charge is -1.97. The normalized spacial score (nSPS) is 10.8. The Balaban J connectivity index is 1.93. The number of carbonyl (C=O) groups excluding carboxylic acids is 1. The van der Waals surface area contributed by atoms with Gasteiger partial charge >= 0.3 is 5.97 Å². The molecule has 20 heavy (non-hydrogen) atoms. The van der Waals surface area contributed by atoms with Crippen LogP contribution in [0.2, 0.25) is 0 Å². The maximum absolute atomic E-state index is 11.5. The van der Waals surface area contributed by atoms with Crippen molar-refractivity contribution in [3.8, 4) is 11.4 Å². The Morgan fingerprint density at radius 1 is 1.30 bits per heavy atom. The van der Waals surface area contributed by atoms with Gasteiger partial charge in [-0.2, -0.15) is 9.61 Å². The molecule has 0 fully saturated rings. The Morgan fingerprint density at radius 3 is 2.85 bits per heavy atom. The second-order valence-electron chi connectivity index (χ2n) is 4.06. The van der Waals surface area contributed by atoms with Gasteiger partial charge < -0.3 is 4.74 Å². The first-order chi connectivity index (χ1) is 9.78. The molecule has 7 heteroatoms. The average Bonchev–Trinajstić information content (AvgIpc) is 2.99. The highest BCUT2D eigenvalue weighted by atomic mass is 32.1. The highest BCUT2D eigenvalue weighted by Gasteiger charge is 2.15. The molecular weight excluding hydrogens is 276 g/mol. The van der Waals surface area contributed by atoms with Gasteiger partial charge in [0.2, 0.25) is 4.96 Å². The Bertz CT molecular complexity index is 735. The van der Waals surface area contributed by atoms with Crippen molar-refractivity contribution < 1.29 is 9.53 Å². The first kappa shape index (κ1) is 12.7. The third kappa shape index (κ3) is 2.39. The zero-order chi connectivity index (χ0) is 13.9. The summed E-state index contributed by atoms with van der Waals surface area (Å²) >= 11 is 1.34. The van der Waals surface area contributed by atoms with Crippen molar-refractivity contribution in [3.63, 3.8) is 0 Å². The van der Waals surface area contributed by atoms with Crippen LogP contribution in [0.15, 0.2) is 30.3 Å². The molecule has 0 saturated heterocycles. The fraction of sp³-hybridized carbons (Fsp3) is 0.231. The Hall–Kier alpha value is -2.28. The summed E-state index contributed by atoms with van der Waals surface area (Å²) < 4.78 is 6.58. The monoisotopic (exact) mass is 288 g/mol. The largest absolute Gasteiger partial charge is 0.466 e. The van der Waals surface area contributed by atoms with E-state index in [0.717, 1.165) is 5.56 Å². The summed E-state index contributed by atoms with van der Waals surface area (Å²) in [5.41, 5.74) is 0.938. The highest BCUT2D eigenvalue weighted by Crippen LogP contribution is 2.21. The zero-order valence-corrected chi connectivity index (χ0v) is 11.6. The molecule has 0 atom stereocenters. The summed E-state index contributed by atoms with van der Waals surface area (Å²) in [4.78, 5) is 12.1. The second kappa shape index (κ2) is 5.38. The molecule has 0 bridgehead atoms. The number of nitrogens with zero attached hydrogens (tertiary/aromatic N) is 4. The van der Waals surface area contributed by atoms with Gasteiger partial charge in [0.05, 0.1) is 13.0 Å². The van der Waals surface area contributed by atoms with E-state index < -0.39 is 0 Å². The van der Waals surface area contributed by atoms with Crippen molar-refractivity contribution in [2.45, 2.75) is 13.3 Å². The molecular formula is C13H12N4O2S. The lowest BCUT2D eigenvalue weighted by molar-refractivity contribution is -0.142. The van der Waals surface area contributed by atoms with Gasteiger partial charge in [0.25, 0.3) is 0 Å². The van der Waals surface area contributed by atoms with Gasteiger partial charge in [-0.05, 0) is 6.92 Å². The Morgan fingerprint density at radius 2 is 2.10 bits per heavy atom. The van der Waals surface area contributed by atoms with Crippen LogP contribution in [0, 0.1) is 0 Å². The number of hydrogen-bond donors (Lipinski definition) is 0. The lowest BCUT2D eigenvalue weighted by Crippen LogP contribution is -2.07. The standard InChI is InChI=1S/C13H12N4O2S/c1-2-19-11(18)8-10-16-17-12(14-15-13(17)20-10)9-6-4-3-5-7-9/h3-7H,2,8H2,1H3. The minimum Gasteiger partial charge on any atom is -0.466 e. The SMILES string of the molecule is CCOC(=O)Cc1nn2c(-c3ccccc3)nnc2s1.